The maximum absolute atomic E-state index is 13.8. The van der Waals surface area contributed by atoms with E-state index < -0.39 is 16.0 Å². The smallest absolute Gasteiger partial charge is 0.262 e. The van der Waals surface area contributed by atoms with Gasteiger partial charge in [0.15, 0.2) is 21.3 Å². The molecule has 6 rings (SSSR count). The number of carbonyl (C=O) groups excluding carboxylic acids is 1. The summed E-state index contributed by atoms with van der Waals surface area (Å²) in [7, 11) is -3.06. The lowest BCUT2D eigenvalue weighted by atomic mass is 10.0. The number of sulfone groups is 1. The molecule has 0 aliphatic carbocycles. The summed E-state index contributed by atoms with van der Waals surface area (Å²) >= 11 is 0. The van der Waals surface area contributed by atoms with Gasteiger partial charge >= 0.3 is 0 Å². The molecule has 4 heterocycles. The first-order valence-electron chi connectivity index (χ1n) is 11.2. The molecule has 3 aliphatic heterocycles. The lowest BCUT2D eigenvalue weighted by Gasteiger charge is -2.38. The first-order chi connectivity index (χ1) is 16.3. The summed E-state index contributed by atoms with van der Waals surface area (Å²) in [6.45, 7) is 3.98. The van der Waals surface area contributed by atoms with Crippen LogP contribution in [0.4, 0.5) is 11.4 Å². The van der Waals surface area contributed by atoms with Gasteiger partial charge in [-0.05, 0) is 44.5 Å². The van der Waals surface area contributed by atoms with Crippen LogP contribution in [0, 0.1) is 13.8 Å². The molecule has 10 heteroatoms. The molecule has 2 aromatic carbocycles. The number of nitrogens with one attached hydrogen (secondary N) is 1. The van der Waals surface area contributed by atoms with Crippen molar-refractivity contribution >= 4 is 27.1 Å². The molecule has 34 heavy (non-hydrogen) atoms. The van der Waals surface area contributed by atoms with Gasteiger partial charge in [-0.15, -0.1) is 0 Å². The maximum atomic E-state index is 13.8. The predicted octanol–water partition coefficient (Wildman–Crippen LogP) is 3.36. The van der Waals surface area contributed by atoms with Gasteiger partial charge in [-0.1, -0.05) is 12.1 Å². The molecule has 1 saturated heterocycles. The van der Waals surface area contributed by atoms with E-state index in [1.54, 1.807) is 17.0 Å². The van der Waals surface area contributed by atoms with Gasteiger partial charge in [0.2, 0.25) is 6.79 Å². The molecule has 2 atom stereocenters. The lowest BCUT2D eigenvalue weighted by molar-refractivity contribution is 0.0975. The third kappa shape index (κ3) is 3.24. The summed E-state index contributed by atoms with van der Waals surface area (Å²) < 4.78 is 37.0. The van der Waals surface area contributed by atoms with Gasteiger partial charge in [-0.3, -0.25) is 14.4 Å². The van der Waals surface area contributed by atoms with E-state index in [2.05, 4.69) is 5.32 Å². The van der Waals surface area contributed by atoms with Gasteiger partial charge < -0.3 is 14.8 Å². The van der Waals surface area contributed by atoms with Crippen LogP contribution in [0.25, 0.3) is 0 Å². The zero-order chi connectivity index (χ0) is 23.6. The number of nitrogens with zero attached hydrogens (tertiary/aromatic N) is 3. The summed E-state index contributed by atoms with van der Waals surface area (Å²) in [4.78, 5) is 15.5. The highest BCUT2D eigenvalue weighted by molar-refractivity contribution is 7.91. The fraction of sp³-hybridized carbons (Fsp3) is 0.333. The Balaban J connectivity index is 1.48. The molecule has 1 fully saturated rings. The molecule has 0 saturated carbocycles. The molecule has 1 aromatic heterocycles. The van der Waals surface area contributed by atoms with E-state index in [-0.39, 0.29) is 30.2 Å². The number of ether oxygens (including phenoxy) is 2. The molecule has 1 N–H and O–H groups in total. The van der Waals surface area contributed by atoms with Crippen LogP contribution in [-0.2, 0) is 9.84 Å². The highest BCUT2D eigenvalue weighted by atomic mass is 32.2. The molecule has 1 amide bonds. The van der Waals surface area contributed by atoms with E-state index in [0.717, 1.165) is 22.6 Å². The van der Waals surface area contributed by atoms with Crippen LogP contribution in [0.5, 0.6) is 11.5 Å². The number of hydrogen-bond donors (Lipinski definition) is 1. The zero-order valence-electron chi connectivity index (χ0n) is 18.8. The SMILES string of the molecule is Cc1nn(C2CCS(=O)(=O)C2)c(C)c1C1Nc2ccccc2C(=O)N1c1ccc2c(c1)OCO2. The van der Waals surface area contributed by atoms with Gasteiger partial charge in [0.05, 0.1) is 34.5 Å². The Hall–Kier alpha value is -3.53. The second-order valence-corrected chi connectivity index (χ2v) is 11.1. The molecule has 9 nitrogen and oxygen atoms in total. The third-order valence-electron chi connectivity index (χ3n) is 6.77. The van der Waals surface area contributed by atoms with Crippen LogP contribution < -0.4 is 19.7 Å². The molecule has 176 valence electrons. The van der Waals surface area contributed by atoms with Crippen LogP contribution in [0.1, 0.15) is 45.9 Å². The number of carbonyl (C=O) groups is 1. The van der Waals surface area contributed by atoms with Gasteiger partial charge in [0.25, 0.3) is 5.91 Å². The second-order valence-electron chi connectivity index (χ2n) is 8.89. The van der Waals surface area contributed by atoms with Crippen molar-refractivity contribution in [2.24, 2.45) is 0 Å². The zero-order valence-corrected chi connectivity index (χ0v) is 19.6. The highest BCUT2D eigenvalue weighted by Crippen LogP contribution is 2.43. The minimum Gasteiger partial charge on any atom is -0.454 e. The van der Waals surface area contributed by atoms with E-state index in [1.165, 1.54) is 0 Å². The Morgan fingerprint density at radius 1 is 1.09 bits per heavy atom. The van der Waals surface area contributed by atoms with E-state index in [4.69, 9.17) is 14.6 Å². The van der Waals surface area contributed by atoms with Gasteiger partial charge in [-0.2, -0.15) is 5.10 Å². The van der Waals surface area contributed by atoms with Crippen molar-refractivity contribution in [2.45, 2.75) is 32.5 Å². The number of rotatable bonds is 3. The Morgan fingerprint density at radius 3 is 2.68 bits per heavy atom. The summed E-state index contributed by atoms with van der Waals surface area (Å²) in [6, 6.07) is 12.7. The highest BCUT2D eigenvalue weighted by Gasteiger charge is 2.39. The fourth-order valence-corrected chi connectivity index (χ4v) is 6.84. The Kier molecular flexibility index (Phi) is 4.63. The number of amides is 1. The fourth-order valence-electron chi connectivity index (χ4n) is 5.15. The summed E-state index contributed by atoms with van der Waals surface area (Å²) in [5.74, 6) is 1.33. The maximum Gasteiger partial charge on any atom is 0.262 e. The van der Waals surface area contributed by atoms with Crippen molar-refractivity contribution in [3.63, 3.8) is 0 Å². The number of hydrogen-bond acceptors (Lipinski definition) is 7. The van der Waals surface area contributed by atoms with E-state index in [9.17, 15) is 13.2 Å². The largest absolute Gasteiger partial charge is 0.454 e. The van der Waals surface area contributed by atoms with Crippen molar-refractivity contribution in [3.8, 4) is 11.5 Å². The molecular weight excluding hydrogens is 456 g/mol. The summed E-state index contributed by atoms with van der Waals surface area (Å²) in [5, 5.41) is 8.25. The topological polar surface area (TPSA) is 103 Å². The van der Waals surface area contributed by atoms with E-state index in [1.807, 2.05) is 48.9 Å². The monoisotopic (exact) mass is 480 g/mol. The molecule has 0 spiro atoms. The Morgan fingerprint density at radius 2 is 1.88 bits per heavy atom. The number of benzene rings is 2. The molecule has 0 bridgehead atoms. The van der Waals surface area contributed by atoms with Crippen LogP contribution in [-0.4, -0.2) is 42.4 Å². The van der Waals surface area contributed by atoms with Crippen LogP contribution in [0.15, 0.2) is 42.5 Å². The minimum atomic E-state index is -3.06. The number of fused-ring (bicyclic) bond motifs is 2. The van der Waals surface area contributed by atoms with Crippen molar-refractivity contribution in [1.29, 1.82) is 0 Å². The number of aryl methyl sites for hydroxylation is 1. The molecule has 0 radical (unpaired) electrons. The standard InChI is InChI=1S/C24H24N4O5S/c1-14-22(15(2)28(26-14)17-9-10-34(30,31)12-17)23-25-19-6-4-3-5-18(19)24(29)27(23)16-7-8-20-21(11-16)33-13-32-20/h3-8,11,17,23,25H,9-10,12-13H2,1-2H3. The number of anilines is 2. The second kappa shape index (κ2) is 7.49. The lowest BCUT2D eigenvalue weighted by Crippen LogP contribution is -2.43. The molecule has 3 aromatic rings. The van der Waals surface area contributed by atoms with Gasteiger partial charge in [0.1, 0.15) is 6.17 Å². The average molecular weight is 481 g/mol. The third-order valence-corrected chi connectivity index (χ3v) is 8.52. The van der Waals surface area contributed by atoms with Crippen LogP contribution >= 0.6 is 0 Å². The first kappa shape index (κ1) is 21.0. The average Bonchev–Trinajstić information content (AvgIpc) is 3.50. The summed E-state index contributed by atoms with van der Waals surface area (Å²) in [5.41, 5.74) is 4.42. The van der Waals surface area contributed by atoms with Crippen molar-refractivity contribution in [3.05, 3.63) is 65.0 Å². The van der Waals surface area contributed by atoms with E-state index >= 15 is 0 Å². The Bertz CT molecular complexity index is 1430. The summed E-state index contributed by atoms with van der Waals surface area (Å²) in [6.07, 6.45) is 0.00433. The first-order valence-corrected chi connectivity index (χ1v) is 13.0. The molecule has 2 unspecified atom stereocenters. The van der Waals surface area contributed by atoms with E-state index in [0.29, 0.717) is 29.2 Å². The number of aromatic nitrogens is 2. The van der Waals surface area contributed by atoms with Crippen LogP contribution in [0.2, 0.25) is 0 Å². The minimum absolute atomic E-state index is 0.0835. The van der Waals surface area contributed by atoms with Crippen molar-refractivity contribution in [2.75, 3.05) is 28.5 Å². The van der Waals surface area contributed by atoms with Crippen molar-refractivity contribution < 1.29 is 22.7 Å². The van der Waals surface area contributed by atoms with Gasteiger partial charge in [0, 0.05) is 23.0 Å². The number of para-hydroxylation sites is 1. The van der Waals surface area contributed by atoms with Crippen molar-refractivity contribution in [1.82, 2.24) is 9.78 Å². The van der Waals surface area contributed by atoms with Gasteiger partial charge in [-0.25, -0.2) is 8.42 Å². The molecular formula is C24H24N4O5S. The quantitative estimate of drug-likeness (QED) is 0.613. The normalized spacial score (nSPS) is 22.5. The Labute approximate surface area is 197 Å². The van der Waals surface area contributed by atoms with Crippen LogP contribution in [0.3, 0.4) is 0 Å². The molecule has 3 aliphatic rings. The predicted molar refractivity (Wildman–Crippen MR) is 126 cm³/mol.